The maximum atomic E-state index is 10.8. The Labute approximate surface area is 123 Å². The standard InChI is InChI=1S/C13H10N4O3S/c18-8-11-14-15-13(10-6-7-12(21-10)17(19)20)16(11)9-4-2-1-3-5-9/h1-7,18H,8H2. The third-order valence-electron chi connectivity index (χ3n) is 2.88. The first kappa shape index (κ1) is 13.4. The predicted molar refractivity (Wildman–Crippen MR) is 77.2 cm³/mol. The Morgan fingerprint density at radius 2 is 1.95 bits per heavy atom. The SMILES string of the molecule is O=[N+]([O-])c1ccc(-c2nnc(CO)n2-c2ccccc2)s1. The van der Waals surface area contributed by atoms with Crippen LogP contribution in [0, 0.1) is 10.1 Å². The van der Waals surface area contributed by atoms with Crippen LogP contribution in [0.2, 0.25) is 0 Å². The molecule has 2 heterocycles. The van der Waals surface area contributed by atoms with E-state index in [0.29, 0.717) is 16.5 Å². The fourth-order valence-corrected chi connectivity index (χ4v) is 2.77. The van der Waals surface area contributed by atoms with Gasteiger partial charge in [-0.05, 0) is 18.2 Å². The van der Waals surface area contributed by atoms with E-state index in [1.165, 1.54) is 6.07 Å². The summed E-state index contributed by atoms with van der Waals surface area (Å²) in [5.74, 6) is 0.857. The van der Waals surface area contributed by atoms with Crippen molar-refractivity contribution in [2.24, 2.45) is 0 Å². The summed E-state index contributed by atoms with van der Waals surface area (Å²) in [6.07, 6.45) is 0. The second-order valence-electron chi connectivity index (χ2n) is 4.16. The van der Waals surface area contributed by atoms with Gasteiger partial charge in [0.1, 0.15) is 6.61 Å². The monoisotopic (exact) mass is 302 g/mol. The van der Waals surface area contributed by atoms with E-state index >= 15 is 0 Å². The average Bonchev–Trinajstić information content (AvgIpc) is 3.14. The van der Waals surface area contributed by atoms with Crippen LogP contribution in [0.25, 0.3) is 16.4 Å². The lowest BCUT2D eigenvalue weighted by Crippen LogP contribution is -2.02. The van der Waals surface area contributed by atoms with Gasteiger partial charge in [-0.25, -0.2) is 0 Å². The molecule has 0 aliphatic carbocycles. The maximum Gasteiger partial charge on any atom is 0.324 e. The van der Waals surface area contributed by atoms with Crippen LogP contribution in [0.4, 0.5) is 5.00 Å². The first-order valence-corrected chi connectivity index (χ1v) is 6.87. The molecule has 0 unspecified atom stereocenters. The van der Waals surface area contributed by atoms with Crippen LogP contribution in [0.15, 0.2) is 42.5 Å². The molecule has 0 amide bonds. The van der Waals surface area contributed by atoms with Crippen LogP contribution in [0.1, 0.15) is 5.82 Å². The Balaban J connectivity index is 2.15. The number of benzene rings is 1. The minimum Gasteiger partial charge on any atom is -0.388 e. The molecule has 0 saturated heterocycles. The normalized spacial score (nSPS) is 10.7. The van der Waals surface area contributed by atoms with Crippen molar-refractivity contribution in [2.45, 2.75) is 6.61 Å². The molecule has 2 aromatic heterocycles. The van der Waals surface area contributed by atoms with Gasteiger partial charge >= 0.3 is 5.00 Å². The van der Waals surface area contributed by atoms with Crippen molar-refractivity contribution in [3.8, 4) is 16.4 Å². The molecule has 106 valence electrons. The minimum absolute atomic E-state index is 0.0400. The maximum absolute atomic E-state index is 10.8. The number of hydrogen-bond donors (Lipinski definition) is 1. The molecule has 21 heavy (non-hydrogen) atoms. The zero-order valence-electron chi connectivity index (χ0n) is 10.7. The number of para-hydroxylation sites is 1. The molecule has 0 radical (unpaired) electrons. The van der Waals surface area contributed by atoms with Gasteiger partial charge in [0.25, 0.3) is 0 Å². The van der Waals surface area contributed by atoms with Crippen LogP contribution in [-0.2, 0) is 6.61 Å². The fraction of sp³-hybridized carbons (Fsp3) is 0.0769. The Hall–Kier alpha value is -2.58. The van der Waals surface area contributed by atoms with Crippen molar-refractivity contribution in [1.82, 2.24) is 14.8 Å². The number of aliphatic hydroxyl groups excluding tert-OH is 1. The van der Waals surface area contributed by atoms with Gasteiger partial charge in [-0.2, -0.15) is 0 Å². The summed E-state index contributed by atoms with van der Waals surface area (Å²) in [4.78, 5) is 11.0. The van der Waals surface area contributed by atoms with Gasteiger partial charge < -0.3 is 5.11 Å². The lowest BCUT2D eigenvalue weighted by atomic mass is 10.3. The summed E-state index contributed by atoms with van der Waals surface area (Å²) in [6.45, 7) is -0.268. The van der Waals surface area contributed by atoms with Gasteiger partial charge in [0.2, 0.25) is 0 Å². The number of rotatable bonds is 4. The summed E-state index contributed by atoms with van der Waals surface area (Å²) in [5, 5.41) is 28.2. The summed E-state index contributed by atoms with van der Waals surface area (Å²) < 4.78 is 1.69. The Kier molecular flexibility index (Phi) is 3.46. The summed E-state index contributed by atoms with van der Waals surface area (Å²) in [5.41, 5.74) is 0.789. The first-order chi connectivity index (χ1) is 10.2. The highest BCUT2D eigenvalue weighted by Gasteiger charge is 2.19. The Morgan fingerprint density at radius 1 is 1.19 bits per heavy atom. The molecule has 1 aromatic carbocycles. The van der Waals surface area contributed by atoms with Crippen LogP contribution in [0.3, 0.4) is 0 Å². The molecule has 3 rings (SSSR count). The molecule has 7 nitrogen and oxygen atoms in total. The van der Waals surface area contributed by atoms with Crippen molar-refractivity contribution in [3.05, 3.63) is 58.4 Å². The topological polar surface area (TPSA) is 94.1 Å². The molecular weight excluding hydrogens is 292 g/mol. The highest BCUT2D eigenvalue weighted by Crippen LogP contribution is 2.33. The number of thiophene rings is 1. The van der Waals surface area contributed by atoms with Gasteiger partial charge in [0.15, 0.2) is 11.6 Å². The molecule has 0 spiro atoms. The van der Waals surface area contributed by atoms with Crippen LogP contribution in [-0.4, -0.2) is 24.8 Å². The van der Waals surface area contributed by atoms with E-state index in [9.17, 15) is 15.2 Å². The largest absolute Gasteiger partial charge is 0.388 e. The van der Waals surface area contributed by atoms with Gasteiger partial charge in [-0.1, -0.05) is 29.5 Å². The van der Waals surface area contributed by atoms with Crippen molar-refractivity contribution in [2.75, 3.05) is 0 Å². The summed E-state index contributed by atoms with van der Waals surface area (Å²) >= 11 is 1.02. The molecule has 8 heteroatoms. The van der Waals surface area contributed by atoms with Crippen molar-refractivity contribution in [3.63, 3.8) is 0 Å². The second-order valence-corrected chi connectivity index (χ2v) is 5.23. The molecule has 0 fully saturated rings. The molecule has 1 N–H and O–H groups in total. The van der Waals surface area contributed by atoms with E-state index in [0.717, 1.165) is 17.0 Å². The Morgan fingerprint density at radius 3 is 2.57 bits per heavy atom. The third-order valence-corrected chi connectivity index (χ3v) is 3.91. The van der Waals surface area contributed by atoms with Gasteiger partial charge in [-0.15, -0.1) is 10.2 Å². The third kappa shape index (κ3) is 2.41. The molecule has 0 atom stereocenters. The lowest BCUT2D eigenvalue weighted by molar-refractivity contribution is -0.380. The molecule has 0 aliphatic rings. The number of nitrogens with zero attached hydrogens (tertiary/aromatic N) is 4. The molecule has 0 bridgehead atoms. The zero-order valence-corrected chi connectivity index (χ0v) is 11.5. The molecule has 3 aromatic rings. The fourth-order valence-electron chi connectivity index (χ4n) is 1.97. The van der Waals surface area contributed by atoms with Gasteiger partial charge in [0.05, 0.1) is 9.80 Å². The number of nitro groups is 1. The summed E-state index contributed by atoms with van der Waals surface area (Å²) in [6, 6.07) is 12.4. The number of aliphatic hydroxyl groups is 1. The molecule has 0 aliphatic heterocycles. The van der Waals surface area contributed by atoms with Crippen LogP contribution >= 0.6 is 11.3 Å². The smallest absolute Gasteiger partial charge is 0.324 e. The van der Waals surface area contributed by atoms with Crippen molar-refractivity contribution >= 4 is 16.3 Å². The highest BCUT2D eigenvalue weighted by molar-refractivity contribution is 7.18. The number of hydrogen-bond acceptors (Lipinski definition) is 6. The van der Waals surface area contributed by atoms with Crippen LogP contribution in [0.5, 0.6) is 0 Å². The highest BCUT2D eigenvalue weighted by atomic mass is 32.1. The second kappa shape index (κ2) is 5.43. The quantitative estimate of drug-likeness (QED) is 0.590. The minimum atomic E-state index is -0.440. The van der Waals surface area contributed by atoms with Gasteiger partial charge in [0, 0.05) is 11.8 Å². The van der Waals surface area contributed by atoms with E-state index in [2.05, 4.69) is 10.2 Å². The number of aromatic nitrogens is 3. The van der Waals surface area contributed by atoms with E-state index < -0.39 is 4.92 Å². The van der Waals surface area contributed by atoms with E-state index in [1.807, 2.05) is 30.3 Å². The van der Waals surface area contributed by atoms with Crippen LogP contribution < -0.4 is 0 Å². The average molecular weight is 302 g/mol. The van der Waals surface area contributed by atoms with E-state index in [1.54, 1.807) is 10.6 Å². The lowest BCUT2D eigenvalue weighted by Gasteiger charge is -2.07. The van der Waals surface area contributed by atoms with E-state index in [-0.39, 0.29) is 11.6 Å². The van der Waals surface area contributed by atoms with Crippen molar-refractivity contribution in [1.29, 1.82) is 0 Å². The summed E-state index contributed by atoms with van der Waals surface area (Å²) in [7, 11) is 0. The zero-order chi connectivity index (χ0) is 14.8. The molecular formula is C13H10N4O3S. The molecule has 0 saturated carbocycles. The first-order valence-electron chi connectivity index (χ1n) is 6.06. The Bertz CT molecular complexity index is 782. The van der Waals surface area contributed by atoms with Crippen molar-refractivity contribution < 1.29 is 10.0 Å². The predicted octanol–water partition coefficient (Wildman–Crippen LogP) is 2.40. The van der Waals surface area contributed by atoms with Gasteiger partial charge in [-0.3, -0.25) is 14.7 Å². The van der Waals surface area contributed by atoms with E-state index in [4.69, 9.17) is 0 Å².